The first-order valence-corrected chi connectivity index (χ1v) is 5.98. The van der Waals surface area contributed by atoms with Crippen LogP contribution in [0.2, 0.25) is 5.02 Å². The monoisotopic (exact) mass is 242 g/mol. The summed E-state index contributed by atoms with van der Waals surface area (Å²) < 4.78 is 0.126. The first-order valence-electron chi connectivity index (χ1n) is 4.79. The lowest BCUT2D eigenvalue weighted by Crippen LogP contribution is -2.06. The zero-order valence-corrected chi connectivity index (χ0v) is 11.0. The molecule has 0 aliphatic heterocycles. The number of carbonyl (C=O) groups is 1. The third-order valence-corrected chi connectivity index (χ3v) is 3.37. The topological polar surface area (TPSA) is 17.1 Å². The van der Waals surface area contributed by atoms with Crippen molar-refractivity contribution < 1.29 is 4.79 Å². The minimum atomic E-state index is 0.0456. The number of benzene rings is 1. The highest BCUT2D eigenvalue weighted by molar-refractivity contribution is 8.00. The van der Waals surface area contributed by atoms with Crippen molar-refractivity contribution in [1.82, 2.24) is 0 Å². The summed E-state index contributed by atoms with van der Waals surface area (Å²) in [4.78, 5) is 12.2. The molecule has 0 bridgehead atoms. The number of rotatable bonds is 2. The molecule has 1 rings (SSSR count). The van der Waals surface area contributed by atoms with E-state index in [2.05, 4.69) is 20.8 Å². The van der Waals surface area contributed by atoms with Crippen LogP contribution in [0.1, 0.15) is 38.1 Å². The molecule has 0 unspecified atom stereocenters. The van der Waals surface area contributed by atoms with Crippen LogP contribution >= 0.6 is 23.4 Å². The molecule has 3 heteroatoms. The van der Waals surface area contributed by atoms with Crippen molar-refractivity contribution in [3.8, 4) is 0 Å². The van der Waals surface area contributed by atoms with Crippen LogP contribution < -0.4 is 0 Å². The molecule has 0 saturated carbocycles. The summed E-state index contributed by atoms with van der Waals surface area (Å²) in [7, 11) is 0. The lowest BCUT2D eigenvalue weighted by atomic mass is 10.1. The average molecular weight is 243 g/mol. The highest BCUT2D eigenvalue weighted by Gasteiger charge is 2.14. The van der Waals surface area contributed by atoms with Gasteiger partial charge in [0.05, 0.1) is 5.02 Å². The Morgan fingerprint density at radius 3 is 2.33 bits per heavy atom. The summed E-state index contributed by atoms with van der Waals surface area (Å²) in [5.74, 6) is 0.0456. The van der Waals surface area contributed by atoms with Gasteiger partial charge in [-0.15, -0.1) is 11.8 Å². The minimum absolute atomic E-state index is 0.0456. The molecule has 0 saturated heterocycles. The Kier molecular flexibility index (Phi) is 3.85. The van der Waals surface area contributed by atoms with Gasteiger partial charge in [-0.3, -0.25) is 4.79 Å². The Bertz CT molecular complexity index is 380. The standard InChI is InChI=1S/C12H15ClOS/c1-8(14)9-5-6-11(10(13)7-9)15-12(2,3)4/h5-7H,1-4H3. The van der Waals surface area contributed by atoms with E-state index in [0.717, 1.165) is 4.90 Å². The third-order valence-electron chi connectivity index (χ3n) is 1.75. The van der Waals surface area contributed by atoms with E-state index in [1.54, 1.807) is 24.8 Å². The van der Waals surface area contributed by atoms with Crippen LogP contribution in [0.25, 0.3) is 0 Å². The summed E-state index contributed by atoms with van der Waals surface area (Å²) in [6, 6.07) is 5.47. The first-order chi connectivity index (χ1) is 6.79. The van der Waals surface area contributed by atoms with E-state index < -0.39 is 0 Å². The van der Waals surface area contributed by atoms with E-state index in [4.69, 9.17) is 11.6 Å². The summed E-state index contributed by atoms with van der Waals surface area (Å²) in [5, 5.41) is 0.655. The van der Waals surface area contributed by atoms with Gasteiger partial charge < -0.3 is 0 Å². The lowest BCUT2D eigenvalue weighted by Gasteiger charge is -2.18. The van der Waals surface area contributed by atoms with E-state index in [-0.39, 0.29) is 10.5 Å². The molecule has 1 aromatic rings. The van der Waals surface area contributed by atoms with Gasteiger partial charge in [-0.1, -0.05) is 38.4 Å². The SMILES string of the molecule is CC(=O)c1ccc(SC(C)(C)C)c(Cl)c1. The fraction of sp³-hybridized carbons (Fsp3) is 0.417. The second kappa shape index (κ2) is 4.58. The second-order valence-corrected chi connectivity index (χ2v) is 6.69. The molecule has 82 valence electrons. The van der Waals surface area contributed by atoms with E-state index in [1.807, 2.05) is 12.1 Å². The van der Waals surface area contributed by atoms with Crippen LogP contribution in [0.3, 0.4) is 0 Å². The molecule has 0 radical (unpaired) electrons. The second-order valence-electron chi connectivity index (χ2n) is 4.42. The van der Waals surface area contributed by atoms with Gasteiger partial charge in [0.25, 0.3) is 0 Å². The van der Waals surface area contributed by atoms with Gasteiger partial charge >= 0.3 is 0 Å². The molecular formula is C12H15ClOS. The molecule has 0 aliphatic carbocycles. The molecule has 0 atom stereocenters. The van der Waals surface area contributed by atoms with Crippen molar-refractivity contribution in [3.63, 3.8) is 0 Å². The van der Waals surface area contributed by atoms with Gasteiger partial charge in [-0.05, 0) is 19.1 Å². The van der Waals surface area contributed by atoms with Crippen molar-refractivity contribution in [3.05, 3.63) is 28.8 Å². The van der Waals surface area contributed by atoms with Crippen LogP contribution in [0.15, 0.2) is 23.1 Å². The van der Waals surface area contributed by atoms with E-state index in [0.29, 0.717) is 10.6 Å². The van der Waals surface area contributed by atoms with Crippen LogP contribution in [-0.2, 0) is 0 Å². The predicted molar refractivity (Wildman–Crippen MR) is 67.1 cm³/mol. The lowest BCUT2D eigenvalue weighted by molar-refractivity contribution is 0.101. The Hall–Kier alpha value is -0.470. The highest BCUT2D eigenvalue weighted by atomic mass is 35.5. The Labute approximate surface area is 100 Å². The Balaban J connectivity index is 2.99. The van der Waals surface area contributed by atoms with Crippen molar-refractivity contribution in [2.45, 2.75) is 37.3 Å². The molecule has 0 spiro atoms. The highest BCUT2D eigenvalue weighted by Crippen LogP contribution is 2.36. The van der Waals surface area contributed by atoms with Gasteiger partial charge in [-0.25, -0.2) is 0 Å². The van der Waals surface area contributed by atoms with Crippen LogP contribution in [0.4, 0.5) is 0 Å². The van der Waals surface area contributed by atoms with Crippen molar-refractivity contribution >= 4 is 29.1 Å². The van der Waals surface area contributed by atoms with Crippen molar-refractivity contribution in [2.24, 2.45) is 0 Å². The van der Waals surface area contributed by atoms with Gasteiger partial charge in [0.1, 0.15) is 0 Å². The molecule has 0 amide bonds. The molecule has 1 aromatic carbocycles. The van der Waals surface area contributed by atoms with Crippen LogP contribution in [0.5, 0.6) is 0 Å². The van der Waals surface area contributed by atoms with Gasteiger partial charge in [0, 0.05) is 15.2 Å². The van der Waals surface area contributed by atoms with Crippen molar-refractivity contribution in [1.29, 1.82) is 0 Å². The quantitative estimate of drug-likeness (QED) is 0.564. The number of carbonyl (C=O) groups excluding carboxylic acids is 1. The smallest absolute Gasteiger partial charge is 0.159 e. The Morgan fingerprint density at radius 2 is 1.93 bits per heavy atom. The maximum Gasteiger partial charge on any atom is 0.159 e. The zero-order valence-electron chi connectivity index (χ0n) is 9.43. The molecular weight excluding hydrogens is 228 g/mol. The first kappa shape index (κ1) is 12.6. The number of Topliss-reactive ketones (excluding diaryl/α,β-unsaturated/α-hetero) is 1. The normalized spacial score (nSPS) is 11.5. The third kappa shape index (κ3) is 3.88. The maximum atomic E-state index is 11.1. The fourth-order valence-corrected chi connectivity index (χ4v) is 2.38. The summed E-state index contributed by atoms with van der Waals surface area (Å²) in [5.41, 5.74) is 0.665. The Morgan fingerprint density at radius 1 is 1.33 bits per heavy atom. The van der Waals surface area contributed by atoms with Crippen LogP contribution in [0, 0.1) is 0 Å². The number of thioether (sulfide) groups is 1. The molecule has 1 nitrogen and oxygen atoms in total. The van der Waals surface area contributed by atoms with E-state index >= 15 is 0 Å². The average Bonchev–Trinajstić information content (AvgIpc) is 2.05. The number of ketones is 1. The predicted octanol–water partition coefficient (Wildman–Crippen LogP) is 4.43. The summed E-state index contributed by atoms with van der Waals surface area (Å²) in [6.45, 7) is 7.94. The molecule has 0 aromatic heterocycles. The molecule has 0 fully saturated rings. The van der Waals surface area contributed by atoms with Gasteiger partial charge in [-0.2, -0.15) is 0 Å². The molecule has 0 N–H and O–H groups in total. The number of halogens is 1. The largest absolute Gasteiger partial charge is 0.295 e. The van der Waals surface area contributed by atoms with Gasteiger partial charge in [0.15, 0.2) is 5.78 Å². The van der Waals surface area contributed by atoms with Crippen LogP contribution in [-0.4, -0.2) is 10.5 Å². The number of hydrogen-bond donors (Lipinski definition) is 0. The molecule has 15 heavy (non-hydrogen) atoms. The summed E-state index contributed by atoms with van der Waals surface area (Å²) in [6.07, 6.45) is 0. The molecule has 0 aliphatic rings. The minimum Gasteiger partial charge on any atom is -0.295 e. The molecule has 0 heterocycles. The van der Waals surface area contributed by atoms with Crippen molar-refractivity contribution in [2.75, 3.05) is 0 Å². The fourth-order valence-electron chi connectivity index (χ4n) is 1.13. The summed E-state index contributed by atoms with van der Waals surface area (Å²) >= 11 is 7.81. The van der Waals surface area contributed by atoms with E-state index in [9.17, 15) is 4.79 Å². The maximum absolute atomic E-state index is 11.1. The van der Waals surface area contributed by atoms with Gasteiger partial charge in [0.2, 0.25) is 0 Å². The zero-order chi connectivity index (χ0) is 11.6. The number of hydrogen-bond acceptors (Lipinski definition) is 2. The van der Waals surface area contributed by atoms with E-state index in [1.165, 1.54) is 0 Å².